The van der Waals surface area contributed by atoms with E-state index in [-0.39, 0.29) is 5.91 Å². The molecule has 7 heteroatoms. The monoisotopic (exact) mass is 388 g/mol. The molecule has 4 rings (SSSR count). The molecular formula is C21H28N2O5. The first-order valence-electron chi connectivity index (χ1n) is 9.71. The first-order valence-corrected chi connectivity index (χ1v) is 9.71. The number of likely N-dealkylation sites (tertiary alicyclic amines) is 1. The molecule has 2 aliphatic heterocycles. The molecule has 152 valence electrons. The molecule has 2 aromatic rings. The van der Waals surface area contributed by atoms with Crippen molar-refractivity contribution in [3.63, 3.8) is 0 Å². The minimum atomic E-state index is -1.00. The number of hydrogen-bond donors (Lipinski definition) is 1. The standard InChI is InChI=1S/C21H28N2O5/c1-25-19(26-2)20-10-13-28-21(20,27-3)9-12-23(18(20)24)11-8-15-14-22-17-7-5-4-6-16(15)17/h4-7,14,19,22H,8-13H2,1-3H3. The van der Waals surface area contributed by atoms with Gasteiger partial charge in [0.25, 0.3) is 0 Å². The van der Waals surface area contributed by atoms with Crippen molar-refractivity contribution in [2.45, 2.75) is 31.3 Å². The molecule has 0 bridgehead atoms. The summed E-state index contributed by atoms with van der Waals surface area (Å²) in [5.41, 5.74) is 1.32. The third kappa shape index (κ3) is 2.69. The first-order chi connectivity index (χ1) is 13.6. The van der Waals surface area contributed by atoms with E-state index in [1.54, 1.807) is 21.3 Å². The van der Waals surface area contributed by atoms with E-state index in [4.69, 9.17) is 18.9 Å². The van der Waals surface area contributed by atoms with Crippen LogP contribution in [-0.4, -0.2) is 68.9 Å². The van der Waals surface area contributed by atoms with Crippen LogP contribution in [0.4, 0.5) is 0 Å². The van der Waals surface area contributed by atoms with Crippen LogP contribution in [0.5, 0.6) is 0 Å². The second-order valence-electron chi connectivity index (χ2n) is 7.48. The Morgan fingerprint density at radius 1 is 1.21 bits per heavy atom. The van der Waals surface area contributed by atoms with Crippen molar-refractivity contribution in [1.82, 2.24) is 9.88 Å². The molecule has 3 heterocycles. The van der Waals surface area contributed by atoms with Gasteiger partial charge in [-0.3, -0.25) is 4.79 Å². The predicted octanol–water partition coefficient (Wildman–Crippen LogP) is 2.31. The van der Waals surface area contributed by atoms with Gasteiger partial charge in [-0.2, -0.15) is 0 Å². The summed E-state index contributed by atoms with van der Waals surface area (Å²) < 4.78 is 22.9. The van der Waals surface area contributed by atoms with Crippen LogP contribution in [0.15, 0.2) is 30.5 Å². The molecule has 2 fully saturated rings. The number of aromatic nitrogens is 1. The van der Waals surface area contributed by atoms with E-state index in [9.17, 15) is 4.79 Å². The largest absolute Gasteiger partial charge is 0.361 e. The van der Waals surface area contributed by atoms with Gasteiger partial charge in [-0.05, 0) is 24.5 Å². The van der Waals surface area contributed by atoms with E-state index in [0.717, 1.165) is 11.9 Å². The van der Waals surface area contributed by atoms with Crippen molar-refractivity contribution in [2.75, 3.05) is 41.0 Å². The van der Waals surface area contributed by atoms with Crippen molar-refractivity contribution in [2.24, 2.45) is 5.41 Å². The van der Waals surface area contributed by atoms with Crippen LogP contribution < -0.4 is 0 Å². The Morgan fingerprint density at radius 2 is 2.00 bits per heavy atom. The van der Waals surface area contributed by atoms with Gasteiger partial charge in [-0.1, -0.05) is 18.2 Å². The number of fused-ring (bicyclic) bond motifs is 2. The summed E-state index contributed by atoms with van der Waals surface area (Å²) in [6, 6.07) is 8.21. The second-order valence-corrected chi connectivity index (χ2v) is 7.48. The maximum absolute atomic E-state index is 13.7. The smallest absolute Gasteiger partial charge is 0.239 e. The molecule has 2 unspecified atom stereocenters. The number of nitrogens with one attached hydrogen (secondary N) is 1. The number of carbonyl (C=O) groups is 1. The van der Waals surface area contributed by atoms with Crippen molar-refractivity contribution < 1.29 is 23.7 Å². The van der Waals surface area contributed by atoms with Gasteiger partial charge < -0.3 is 28.8 Å². The zero-order chi connectivity index (χ0) is 19.8. The van der Waals surface area contributed by atoms with Crippen LogP contribution >= 0.6 is 0 Å². The maximum atomic E-state index is 13.7. The number of para-hydroxylation sites is 1. The number of methoxy groups -OCH3 is 3. The molecule has 2 aliphatic rings. The number of hydrogen-bond acceptors (Lipinski definition) is 5. The van der Waals surface area contributed by atoms with Crippen molar-refractivity contribution in [3.05, 3.63) is 36.0 Å². The summed E-state index contributed by atoms with van der Waals surface area (Å²) in [6.07, 6.45) is 3.18. The van der Waals surface area contributed by atoms with Gasteiger partial charge in [0.15, 0.2) is 17.5 Å². The van der Waals surface area contributed by atoms with Crippen molar-refractivity contribution in [3.8, 4) is 0 Å². The molecule has 1 amide bonds. The van der Waals surface area contributed by atoms with Crippen molar-refractivity contribution in [1.29, 1.82) is 0 Å². The van der Waals surface area contributed by atoms with Crippen LogP contribution in [0.25, 0.3) is 10.9 Å². The first kappa shape index (κ1) is 19.4. The number of aromatic amines is 1. The fourth-order valence-corrected chi connectivity index (χ4v) is 4.97. The molecule has 2 atom stereocenters. The summed E-state index contributed by atoms with van der Waals surface area (Å²) in [5, 5.41) is 1.20. The minimum Gasteiger partial charge on any atom is -0.361 e. The third-order valence-electron chi connectivity index (χ3n) is 6.38. The highest BCUT2D eigenvalue weighted by Gasteiger charge is 2.69. The maximum Gasteiger partial charge on any atom is 0.239 e. The van der Waals surface area contributed by atoms with Crippen LogP contribution in [0, 0.1) is 5.41 Å². The predicted molar refractivity (Wildman–Crippen MR) is 104 cm³/mol. The van der Waals surface area contributed by atoms with E-state index in [1.165, 1.54) is 10.9 Å². The fourth-order valence-electron chi connectivity index (χ4n) is 4.97. The van der Waals surface area contributed by atoms with Crippen LogP contribution in [0.3, 0.4) is 0 Å². The van der Waals surface area contributed by atoms with Gasteiger partial charge in [0, 0.05) is 57.9 Å². The Bertz CT molecular complexity index is 848. The fraction of sp³-hybridized carbons (Fsp3) is 0.571. The van der Waals surface area contributed by atoms with Crippen LogP contribution in [0.2, 0.25) is 0 Å². The summed E-state index contributed by atoms with van der Waals surface area (Å²) in [6.45, 7) is 1.65. The number of rotatable bonds is 7. The highest BCUT2D eigenvalue weighted by molar-refractivity contribution is 5.86. The number of carbonyl (C=O) groups excluding carboxylic acids is 1. The summed E-state index contributed by atoms with van der Waals surface area (Å²) >= 11 is 0. The third-order valence-corrected chi connectivity index (χ3v) is 6.38. The zero-order valence-corrected chi connectivity index (χ0v) is 16.7. The molecule has 1 aromatic carbocycles. The van der Waals surface area contributed by atoms with E-state index >= 15 is 0 Å². The Kier molecular flexibility index (Phi) is 5.18. The molecule has 0 aliphatic carbocycles. The molecule has 2 saturated heterocycles. The van der Waals surface area contributed by atoms with E-state index < -0.39 is 17.5 Å². The average Bonchev–Trinajstić information content (AvgIpc) is 3.32. The van der Waals surface area contributed by atoms with E-state index in [0.29, 0.717) is 32.5 Å². The van der Waals surface area contributed by atoms with Gasteiger partial charge in [0.1, 0.15) is 0 Å². The molecule has 0 spiro atoms. The molecule has 0 saturated carbocycles. The topological polar surface area (TPSA) is 73.0 Å². The number of amides is 1. The van der Waals surface area contributed by atoms with Gasteiger partial charge in [-0.15, -0.1) is 0 Å². The number of nitrogens with zero attached hydrogens (tertiary/aromatic N) is 1. The highest BCUT2D eigenvalue weighted by Crippen LogP contribution is 2.53. The number of benzene rings is 1. The Morgan fingerprint density at radius 3 is 2.75 bits per heavy atom. The SMILES string of the molecule is COC(OC)C12CCOC1(OC)CCN(CCc1c[nH]c3ccccc13)C2=O. The van der Waals surface area contributed by atoms with Crippen LogP contribution in [-0.2, 0) is 30.2 Å². The van der Waals surface area contributed by atoms with Gasteiger partial charge in [0.2, 0.25) is 5.91 Å². The lowest BCUT2D eigenvalue weighted by Gasteiger charge is -2.51. The molecule has 28 heavy (non-hydrogen) atoms. The lowest BCUT2D eigenvalue weighted by molar-refractivity contribution is -0.309. The Hall–Kier alpha value is -1.93. The number of H-pyrrole nitrogens is 1. The van der Waals surface area contributed by atoms with Crippen molar-refractivity contribution >= 4 is 16.8 Å². The minimum absolute atomic E-state index is 0.0216. The lowest BCUT2D eigenvalue weighted by Crippen LogP contribution is -2.67. The van der Waals surface area contributed by atoms with Gasteiger partial charge >= 0.3 is 0 Å². The van der Waals surface area contributed by atoms with Gasteiger partial charge in [0.05, 0.1) is 6.61 Å². The van der Waals surface area contributed by atoms with Crippen LogP contribution in [0.1, 0.15) is 18.4 Å². The Balaban J connectivity index is 1.59. The zero-order valence-electron chi connectivity index (χ0n) is 16.7. The molecule has 7 nitrogen and oxygen atoms in total. The summed E-state index contributed by atoms with van der Waals surface area (Å²) in [7, 11) is 4.71. The average molecular weight is 388 g/mol. The second kappa shape index (κ2) is 7.48. The molecule has 1 N–H and O–H groups in total. The normalized spacial score (nSPS) is 27.7. The summed E-state index contributed by atoms with van der Waals surface area (Å²) in [4.78, 5) is 18.9. The van der Waals surface area contributed by atoms with Gasteiger partial charge in [-0.25, -0.2) is 0 Å². The molecular weight excluding hydrogens is 360 g/mol. The summed E-state index contributed by atoms with van der Waals surface area (Å²) in [5.74, 6) is -1.02. The van der Waals surface area contributed by atoms with E-state index in [1.807, 2.05) is 23.2 Å². The number of ether oxygens (including phenoxy) is 4. The Labute approximate surface area is 164 Å². The van der Waals surface area contributed by atoms with E-state index in [2.05, 4.69) is 17.1 Å². The highest BCUT2D eigenvalue weighted by atomic mass is 16.7. The quantitative estimate of drug-likeness (QED) is 0.737. The molecule has 0 radical (unpaired) electrons. The molecule has 1 aromatic heterocycles. The lowest BCUT2D eigenvalue weighted by atomic mass is 9.72. The number of piperidine rings is 1.